The van der Waals surface area contributed by atoms with Crippen LogP contribution in [0.3, 0.4) is 0 Å². The Hall–Kier alpha value is -1.59. The molecule has 0 bridgehead atoms. The molecule has 21 heavy (non-hydrogen) atoms. The standard InChI is InChI=1S/C16H22N4O/c1-19-9-10(8-17)6-15(19)11-2-5-14-13(7-11)18-16(21)20(14)12-3-4-12/h2,5,7,10,12,15H,3-4,6,8-9,17H2,1H3,(H,18,21). The van der Waals surface area contributed by atoms with Crippen molar-refractivity contribution in [2.24, 2.45) is 11.7 Å². The predicted octanol–water partition coefficient (Wildman–Crippen LogP) is 1.62. The average molecular weight is 286 g/mol. The average Bonchev–Trinajstić information content (AvgIpc) is 3.14. The van der Waals surface area contributed by atoms with Gasteiger partial charge in [0.1, 0.15) is 0 Å². The van der Waals surface area contributed by atoms with E-state index in [0.717, 1.165) is 43.4 Å². The molecular formula is C16H22N4O. The first-order valence-electron chi connectivity index (χ1n) is 7.82. The summed E-state index contributed by atoms with van der Waals surface area (Å²) in [6.45, 7) is 1.80. The van der Waals surface area contributed by atoms with Gasteiger partial charge in [0.05, 0.1) is 11.0 Å². The lowest BCUT2D eigenvalue weighted by molar-refractivity contribution is 0.314. The molecule has 2 atom stereocenters. The zero-order valence-electron chi connectivity index (χ0n) is 12.4. The summed E-state index contributed by atoms with van der Waals surface area (Å²) < 4.78 is 1.92. The fourth-order valence-corrected chi connectivity index (χ4v) is 3.72. The molecule has 5 heteroatoms. The van der Waals surface area contributed by atoms with Gasteiger partial charge < -0.3 is 10.7 Å². The number of fused-ring (bicyclic) bond motifs is 1. The number of aromatic nitrogens is 2. The van der Waals surface area contributed by atoms with E-state index in [1.165, 1.54) is 5.56 Å². The van der Waals surface area contributed by atoms with Gasteiger partial charge in [-0.1, -0.05) is 6.07 Å². The van der Waals surface area contributed by atoms with E-state index in [2.05, 4.69) is 35.1 Å². The number of benzene rings is 1. The van der Waals surface area contributed by atoms with E-state index >= 15 is 0 Å². The third kappa shape index (κ3) is 2.12. The van der Waals surface area contributed by atoms with Crippen LogP contribution in [0.2, 0.25) is 0 Å². The molecule has 4 rings (SSSR count). The lowest BCUT2D eigenvalue weighted by atomic mass is 9.99. The minimum atomic E-state index is 0.0317. The maximum absolute atomic E-state index is 12.1. The molecule has 2 unspecified atom stereocenters. The van der Waals surface area contributed by atoms with Crippen LogP contribution in [0.4, 0.5) is 0 Å². The summed E-state index contributed by atoms with van der Waals surface area (Å²) in [6, 6.07) is 7.25. The molecular weight excluding hydrogens is 264 g/mol. The molecule has 2 aliphatic rings. The number of hydrogen-bond acceptors (Lipinski definition) is 3. The Balaban J connectivity index is 1.73. The minimum Gasteiger partial charge on any atom is -0.330 e. The van der Waals surface area contributed by atoms with E-state index in [9.17, 15) is 4.79 Å². The molecule has 1 aromatic carbocycles. The monoisotopic (exact) mass is 286 g/mol. The molecule has 5 nitrogen and oxygen atoms in total. The number of imidazole rings is 1. The summed E-state index contributed by atoms with van der Waals surface area (Å²) >= 11 is 0. The van der Waals surface area contributed by atoms with Crippen molar-refractivity contribution < 1.29 is 0 Å². The van der Waals surface area contributed by atoms with Crippen LogP contribution in [0, 0.1) is 5.92 Å². The summed E-state index contributed by atoms with van der Waals surface area (Å²) in [4.78, 5) is 17.5. The maximum atomic E-state index is 12.1. The first-order chi connectivity index (χ1) is 10.2. The van der Waals surface area contributed by atoms with E-state index in [1.807, 2.05) is 4.57 Å². The zero-order valence-corrected chi connectivity index (χ0v) is 12.4. The first kappa shape index (κ1) is 13.1. The van der Waals surface area contributed by atoms with Crippen LogP contribution in [0.5, 0.6) is 0 Å². The number of aromatic amines is 1. The number of nitrogens with one attached hydrogen (secondary N) is 1. The highest BCUT2D eigenvalue weighted by Gasteiger charge is 2.31. The van der Waals surface area contributed by atoms with Gasteiger partial charge in [0.2, 0.25) is 0 Å². The summed E-state index contributed by atoms with van der Waals surface area (Å²) in [6.07, 6.45) is 3.35. The Morgan fingerprint density at radius 3 is 2.86 bits per heavy atom. The van der Waals surface area contributed by atoms with Gasteiger partial charge in [0, 0.05) is 18.6 Å². The van der Waals surface area contributed by atoms with Gasteiger partial charge in [0.25, 0.3) is 0 Å². The van der Waals surface area contributed by atoms with Crippen LogP contribution in [0.1, 0.15) is 36.9 Å². The van der Waals surface area contributed by atoms with Crippen molar-refractivity contribution in [1.82, 2.24) is 14.5 Å². The second-order valence-electron chi connectivity index (χ2n) is 6.60. The Bertz CT molecular complexity index is 727. The fourth-order valence-electron chi connectivity index (χ4n) is 3.72. The van der Waals surface area contributed by atoms with E-state index in [-0.39, 0.29) is 5.69 Å². The lowest BCUT2D eigenvalue weighted by Crippen LogP contribution is -2.20. The Labute approximate surface area is 123 Å². The smallest absolute Gasteiger partial charge is 0.326 e. The highest BCUT2D eigenvalue weighted by Crippen LogP contribution is 2.37. The molecule has 2 fully saturated rings. The highest BCUT2D eigenvalue weighted by molar-refractivity contribution is 5.76. The number of nitrogens with two attached hydrogens (primary N) is 1. The van der Waals surface area contributed by atoms with E-state index < -0.39 is 0 Å². The van der Waals surface area contributed by atoms with Crippen LogP contribution >= 0.6 is 0 Å². The minimum absolute atomic E-state index is 0.0317. The topological polar surface area (TPSA) is 67.0 Å². The number of rotatable bonds is 3. The van der Waals surface area contributed by atoms with Crippen molar-refractivity contribution in [3.8, 4) is 0 Å². The third-order valence-electron chi connectivity index (χ3n) is 5.01. The largest absolute Gasteiger partial charge is 0.330 e. The maximum Gasteiger partial charge on any atom is 0.326 e. The second-order valence-corrected chi connectivity index (χ2v) is 6.60. The number of H-pyrrole nitrogens is 1. The molecule has 1 aliphatic carbocycles. The highest BCUT2D eigenvalue weighted by atomic mass is 16.1. The van der Waals surface area contributed by atoms with Gasteiger partial charge in [-0.3, -0.25) is 9.47 Å². The number of likely N-dealkylation sites (tertiary alicyclic amines) is 1. The molecule has 1 saturated heterocycles. The Morgan fingerprint density at radius 1 is 1.38 bits per heavy atom. The molecule has 0 spiro atoms. The van der Waals surface area contributed by atoms with E-state index in [1.54, 1.807) is 0 Å². The summed E-state index contributed by atoms with van der Waals surface area (Å²) in [5.41, 5.74) is 9.14. The van der Waals surface area contributed by atoms with Crippen LogP contribution < -0.4 is 11.4 Å². The fraction of sp³-hybridized carbons (Fsp3) is 0.562. The summed E-state index contributed by atoms with van der Waals surface area (Å²) in [5, 5.41) is 0. The number of hydrogen-bond donors (Lipinski definition) is 2. The molecule has 0 amide bonds. The van der Waals surface area contributed by atoms with Crippen molar-refractivity contribution >= 4 is 11.0 Å². The second kappa shape index (κ2) is 4.71. The summed E-state index contributed by atoms with van der Waals surface area (Å²) in [7, 11) is 2.16. The zero-order chi connectivity index (χ0) is 14.6. The SMILES string of the molecule is CN1CC(CN)CC1c1ccc2c(c1)[nH]c(=O)n2C1CC1. The van der Waals surface area contributed by atoms with Crippen molar-refractivity contribution in [1.29, 1.82) is 0 Å². The predicted molar refractivity (Wildman–Crippen MR) is 83.4 cm³/mol. The molecule has 2 aromatic rings. The molecule has 1 saturated carbocycles. The van der Waals surface area contributed by atoms with Gasteiger partial charge in [-0.25, -0.2) is 4.79 Å². The van der Waals surface area contributed by atoms with Crippen LogP contribution in [-0.4, -0.2) is 34.6 Å². The van der Waals surface area contributed by atoms with Crippen molar-refractivity contribution in [3.05, 3.63) is 34.2 Å². The molecule has 1 aromatic heterocycles. The van der Waals surface area contributed by atoms with Crippen molar-refractivity contribution in [2.75, 3.05) is 20.1 Å². The van der Waals surface area contributed by atoms with Gasteiger partial charge in [0.15, 0.2) is 0 Å². The Kier molecular flexibility index (Phi) is 2.94. The number of nitrogens with zero attached hydrogens (tertiary/aromatic N) is 2. The molecule has 2 heterocycles. The van der Waals surface area contributed by atoms with Crippen molar-refractivity contribution in [2.45, 2.75) is 31.3 Å². The van der Waals surface area contributed by atoms with Gasteiger partial charge in [-0.05, 0) is 56.5 Å². The van der Waals surface area contributed by atoms with Gasteiger partial charge >= 0.3 is 5.69 Å². The quantitative estimate of drug-likeness (QED) is 0.901. The molecule has 0 radical (unpaired) electrons. The van der Waals surface area contributed by atoms with Crippen LogP contribution in [0.15, 0.2) is 23.0 Å². The van der Waals surface area contributed by atoms with Gasteiger partial charge in [-0.15, -0.1) is 0 Å². The third-order valence-corrected chi connectivity index (χ3v) is 5.01. The lowest BCUT2D eigenvalue weighted by Gasteiger charge is -2.19. The van der Waals surface area contributed by atoms with Crippen LogP contribution in [-0.2, 0) is 0 Å². The van der Waals surface area contributed by atoms with E-state index in [0.29, 0.717) is 18.0 Å². The normalized spacial score (nSPS) is 26.8. The molecule has 1 aliphatic heterocycles. The summed E-state index contributed by atoms with van der Waals surface area (Å²) in [5.74, 6) is 0.575. The van der Waals surface area contributed by atoms with Crippen LogP contribution in [0.25, 0.3) is 11.0 Å². The first-order valence-corrected chi connectivity index (χ1v) is 7.82. The molecule has 3 N–H and O–H groups in total. The molecule has 112 valence electrons. The van der Waals surface area contributed by atoms with E-state index in [4.69, 9.17) is 5.73 Å². The van der Waals surface area contributed by atoms with Gasteiger partial charge in [-0.2, -0.15) is 0 Å². The van der Waals surface area contributed by atoms with Crippen molar-refractivity contribution in [3.63, 3.8) is 0 Å². The Morgan fingerprint density at radius 2 is 2.19 bits per heavy atom.